The van der Waals surface area contributed by atoms with Gasteiger partial charge in [0.15, 0.2) is 4.96 Å². The highest BCUT2D eigenvalue weighted by atomic mass is 32.1. The van der Waals surface area contributed by atoms with Gasteiger partial charge in [-0.1, -0.05) is 19.8 Å². The summed E-state index contributed by atoms with van der Waals surface area (Å²) in [6.45, 7) is 2.50. The van der Waals surface area contributed by atoms with Crippen molar-refractivity contribution in [3.8, 4) is 0 Å². The lowest BCUT2D eigenvalue weighted by Crippen LogP contribution is -2.46. The molecule has 0 spiro atoms. The first-order valence-electron chi connectivity index (χ1n) is 7.44. The average Bonchev–Trinajstić information content (AvgIpc) is 2.97. The predicted octanol–water partition coefficient (Wildman–Crippen LogP) is 2.00. The number of nitrogens with zero attached hydrogens (tertiary/aromatic N) is 2. The number of carbonyl (C=O) groups excluding carboxylic acids is 1. The number of imidazole rings is 1. The van der Waals surface area contributed by atoms with Crippen molar-refractivity contribution in [2.45, 2.75) is 44.6 Å². The Balaban J connectivity index is 1.53. The van der Waals surface area contributed by atoms with Crippen LogP contribution in [0, 0.1) is 5.92 Å². The van der Waals surface area contributed by atoms with Crippen molar-refractivity contribution in [3.05, 3.63) is 23.5 Å². The molecular formula is C15H21N3O2S. The maximum absolute atomic E-state index is 12.0. The number of aromatic nitrogens is 2. The first-order chi connectivity index (χ1) is 10.0. The van der Waals surface area contributed by atoms with Crippen LogP contribution in [0.2, 0.25) is 0 Å². The number of aliphatic hydroxyl groups is 1. The van der Waals surface area contributed by atoms with Crippen LogP contribution >= 0.6 is 11.3 Å². The second kappa shape index (κ2) is 5.77. The van der Waals surface area contributed by atoms with Gasteiger partial charge in [0.1, 0.15) is 0 Å². The number of fused-ring (bicyclic) bond motifs is 1. The van der Waals surface area contributed by atoms with E-state index in [2.05, 4.69) is 17.2 Å². The standard InChI is InChI=1S/C15H21N3O2S/c1-11-3-2-4-15(20,8-11)10-16-13(19)7-12-9-18-5-6-21-14(18)17-12/h5-6,9,11,20H,2-4,7-8,10H2,1H3,(H,16,19). The smallest absolute Gasteiger partial charge is 0.226 e. The summed E-state index contributed by atoms with van der Waals surface area (Å²) in [7, 11) is 0. The normalized spacial score (nSPS) is 26.1. The van der Waals surface area contributed by atoms with Gasteiger partial charge in [-0.2, -0.15) is 0 Å². The molecule has 2 aromatic rings. The molecule has 0 saturated heterocycles. The Morgan fingerprint density at radius 1 is 1.67 bits per heavy atom. The molecule has 0 aromatic carbocycles. The molecule has 2 N–H and O–H groups in total. The zero-order chi connectivity index (χ0) is 14.9. The molecule has 0 radical (unpaired) electrons. The first kappa shape index (κ1) is 14.5. The largest absolute Gasteiger partial charge is 0.388 e. The molecule has 3 rings (SSSR count). The molecular weight excluding hydrogens is 286 g/mol. The van der Waals surface area contributed by atoms with Crippen LogP contribution in [0.1, 0.15) is 38.3 Å². The maximum atomic E-state index is 12.0. The Hall–Kier alpha value is -1.40. The highest BCUT2D eigenvalue weighted by molar-refractivity contribution is 7.15. The molecule has 5 nitrogen and oxygen atoms in total. The Labute approximate surface area is 128 Å². The van der Waals surface area contributed by atoms with Crippen LogP contribution in [0.5, 0.6) is 0 Å². The minimum absolute atomic E-state index is 0.0765. The highest BCUT2D eigenvalue weighted by Crippen LogP contribution is 2.31. The van der Waals surface area contributed by atoms with E-state index in [4.69, 9.17) is 0 Å². The molecule has 1 saturated carbocycles. The monoisotopic (exact) mass is 307 g/mol. The van der Waals surface area contributed by atoms with Crippen LogP contribution in [0.15, 0.2) is 17.8 Å². The van der Waals surface area contributed by atoms with Crippen molar-refractivity contribution >= 4 is 22.2 Å². The maximum Gasteiger partial charge on any atom is 0.226 e. The third kappa shape index (κ3) is 3.44. The summed E-state index contributed by atoms with van der Waals surface area (Å²) in [6, 6.07) is 0. The Morgan fingerprint density at radius 3 is 3.29 bits per heavy atom. The first-order valence-corrected chi connectivity index (χ1v) is 8.32. The molecule has 1 amide bonds. The second-order valence-electron chi connectivity index (χ2n) is 6.20. The molecule has 6 heteroatoms. The van der Waals surface area contributed by atoms with Crippen LogP contribution in [-0.2, 0) is 11.2 Å². The summed E-state index contributed by atoms with van der Waals surface area (Å²) in [6.07, 6.45) is 7.82. The SMILES string of the molecule is CC1CCCC(O)(CNC(=O)Cc2cn3ccsc3n2)C1. The third-order valence-corrected chi connectivity index (χ3v) is 4.94. The fourth-order valence-corrected chi connectivity index (χ4v) is 3.86. The lowest BCUT2D eigenvalue weighted by Gasteiger charge is -2.35. The van der Waals surface area contributed by atoms with Gasteiger partial charge in [-0.3, -0.25) is 9.20 Å². The minimum Gasteiger partial charge on any atom is -0.388 e. The van der Waals surface area contributed by atoms with Crippen LogP contribution in [0.3, 0.4) is 0 Å². The Morgan fingerprint density at radius 2 is 2.52 bits per heavy atom. The van der Waals surface area contributed by atoms with Crippen molar-refractivity contribution in [2.75, 3.05) is 6.54 Å². The molecule has 21 heavy (non-hydrogen) atoms. The van der Waals surface area contributed by atoms with Gasteiger partial charge in [-0.15, -0.1) is 11.3 Å². The molecule has 1 aliphatic rings. The number of hydrogen-bond acceptors (Lipinski definition) is 4. The van der Waals surface area contributed by atoms with Gasteiger partial charge in [-0.25, -0.2) is 4.98 Å². The van der Waals surface area contributed by atoms with Gasteiger partial charge in [0.2, 0.25) is 5.91 Å². The Bertz CT molecular complexity index is 607. The van der Waals surface area contributed by atoms with Gasteiger partial charge >= 0.3 is 0 Å². The number of carbonyl (C=O) groups is 1. The molecule has 0 aliphatic heterocycles. The van der Waals surface area contributed by atoms with Gasteiger partial charge in [0.25, 0.3) is 0 Å². The summed E-state index contributed by atoms with van der Waals surface area (Å²) < 4.78 is 1.92. The summed E-state index contributed by atoms with van der Waals surface area (Å²) in [5.41, 5.74) is 0.0327. The molecule has 0 bridgehead atoms. The van der Waals surface area contributed by atoms with E-state index in [0.717, 1.165) is 29.9 Å². The van der Waals surface area contributed by atoms with E-state index in [-0.39, 0.29) is 12.3 Å². The summed E-state index contributed by atoms with van der Waals surface area (Å²) in [4.78, 5) is 17.3. The lowest BCUT2D eigenvalue weighted by atomic mass is 9.79. The predicted molar refractivity (Wildman–Crippen MR) is 82.4 cm³/mol. The van der Waals surface area contributed by atoms with E-state index in [1.807, 2.05) is 22.2 Å². The Kier molecular flexibility index (Phi) is 3.99. The number of hydrogen-bond donors (Lipinski definition) is 2. The molecule has 1 fully saturated rings. The molecule has 1 aliphatic carbocycles. The average molecular weight is 307 g/mol. The van der Waals surface area contributed by atoms with E-state index in [1.165, 1.54) is 6.42 Å². The van der Waals surface area contributed by atoms with Crippen LogP contribution in [0.25, 0.3) is 4.96 Å². The summed E-state index contributed by atoms with van der Waals surface area (Å²) in [5.74, 6) is 0.452. The topological polar surface area (TPSA) is 66.6 Å². The van der Waals surface area contributed by atoms with Crippen molar-refractivity contribution in [1.29, 1.82) is 0 Å². The highest BCUT2D eigenvalue weighted by Gasteiger charge is 2.32. The molecule has 2 heterocycles. The third-order valence-electron chi connectivity index (χ3n) is 4.17. The van der Waals surface area contributed by atoms with Gasteiger partial charge < -0.3 is 10.4 Å². The van der Waals surface area contributed by atoms with Gasteiger partial charge in [-0.05, 0) is 18.8 Å². The lowest BCUT2D eigenvalue weighted by molar-refractivity contribution is -0.122. The van der Waals surface area contributed by atoms with Crippen molar-refractivity contribution in [3.63, 3.8) is 0 Å². The van der Waals surface area contributed by atoms with Crippen molar-refractivity contribution in [2.24, 2.45) is 5.92 Å². The van der Waals surface area contributed by atoms with Crippen molar-refractivity contribution in [1.82, 2.24) is 14.7 Å². The molecule has 2 atom stereocenters. The quantitative estimate of drug-likeness (QED) is 0.908. The molecule has 2 unspecified atom stereocenters. The summed E-state index contributed by atoms with van der Waals surface area (Å²) in [5, 5.41) is 15.3. The number of amides is 1. The van der Waals surface area contributed by atoms with E-state index < -0.39 is 5.60 Å². The van der Waals surface area contributed by atoms with E-state index >= 15 is 0 Å². The van der Waals surface area contributed by atoms with Gasteiger partial charge in [0.05, 0.1) is 17.7 Å². The van der Waals surface area contributed by atoms with Crippen LogP contribution in [0.4, 0.5) is 0 Å². The van der Waals surface area contributed by atoms with E-state index in [1.54, 1.807) is 11.3 Å². The fourth-order valence-electron chi connectivity index (χ4n) is 3.14. The minimum atomic E-state index is -0.734. The van der Waals surface area contributed by atoms with Crippen LogP contribution in [-0.4, -0.2) is 32.5 Å². The second-order valence-corrected chi connectivity index (χ2v) is 7.08. The zero-order valence-corrected chi connectivity index (χ0v) is 13.0. The number of nitrogens with one attached hydrogen (secondary N) is 1. The van der Waals surface area contributed by atoms with Crippen molar-refractivity contribution < 1.29 is 9.90 Å². The van der Waals surface area contributed by atoms with E-state index in [9.17, 15) is 9.90 Å². The summed E-state index contributed by atoms with van der Waals surface area (Å²) >= 11 is 1.55. The zero-order valence-electron chi connectivity index (χ0n) is 12.2. The fraction of sp³-hybridized carbons (Fsp3) is 0.600. The van der Waals surface area contributed by atoms with E-state index in [0.29, 0.717) is 12.5 Å². The molecule has 114 valence electrons. The number of thiazole rings is 1. The molecule has 2 aromatic heterocycles. The number of rotatable bonds is 4. The van der Waals surface area contributed by atoms with Gasteiger partial charge in [0, 0.05) is 24.3 Å². The van der Waals surface area contributed by atoms with Crippen LogP contribution < -0.4 is 5.32 Å².